The molecule has 1 aliphatic heterocycles. The Kier molecular flexibility index (Phi) is 6.63. The number of methoxy groups -OCH3 is 2. The molecule has 1 atom stereocenters. The summed E-state index contributed by atoms with van der Waals surface area (Å²) in [6.07, 6.45) is 0.580. The largest absolute Gasteiger partial charge is 0.496 e. The third-order valence-electron chi connectivity index (χ3n) is 4.25. The number of benzene rings is 1. The SMILES string of the molecule is COc1cccc(OC)c1C1SCCC(=O)N1CC(C)(C)CN(C)C. The van der Waals surface area contributed by atoms with Crippen LogP contribution in [0.5, 0.6) is 11.5 Å². The van der Waals surface area contributed by atoms with Crippen LogP contribution < -0.4 is 9.47 Å². The fourth-order valence-corrected chi connectivity index (χ4v) is 4.81. The summed E-state index contributed by atoms with van der Waals surface area (Å²) in [6, 6.07) is 5.78. The molecule has 2 rings (SSSR count). The molecule has 25 heavy (non-hydrogen) atoms. The maximum absolute atomic E-state index is 12.8. The molecule has 0 aliphatic carbocycles. The lowest BCUT2D eigenvalue weighted by atomic mass is 9.91. The van der Waals surface area contributed by atoms with Crippen LogP contribution in [-0.2, 0) is 4.79 Å². The molecule has 140 valence electrons. The van der Waals surface area contributed by atoms with Crippen molar-refractivity contribution in [2.24, 2.45) is 5.41 Å². The average Bonchev–Trinajstić information content (AvgIpc) is 2.54. The average molecular weight is 367 g/mol. The van der Waals surface area contributed by atoms with Gasteiger partial charge in [-0.15, -0.1) is 11.8 Å². The molecule has 1 heterocycles. The highest BCUT2D eigenvalue weighted by atomic mass is 32.2. The molecule has 1 aromatic rings. The second-order valence-electron chi connectivity index (χ2n) is 7.47. The minimum Gasteiger partial charge on any atom is -0.496 e. The Hall–Kier alpha value is -1.40. The summed E-state index contributed by atoms with van der Waals surface area (Å²) in [6.45, 7) is 6.02. The van der Waals surface area contributed by atoms with Crippen LogP contribution in [0.3, 0.4) is 0 Å². The Morgan fingerprint density at radius 2 is 1.84 bits per heavy atom. The zero-order valence-corrected chi connectivity index (χ0v) is 17.0. The van der Waals surface area contributed by atoms with Crippen LogP contribution in [0.1, 0.15) is 31.2 Å². The molecular formula is C19H30N2O3S. The van der Waals surface area contributed by atoms with Crippen LogP contribution in [0.2, 0.25) is 0 Å². The topological polar surface area (TPSA) is 42.0 Å². The van der Waals surface area contributed by atoms with Crippen molar-refractivity contribution in [3.05, 3.63) is 23.8 Å². The quantitative estimate of drug-likeness (QED) is 0.741. The number of carbonyl (C=O) groups is 1. The van der Waals surface area contributed by atoms with Crippen molar-refractivity contribution >= 4 is 17.7 Å². The van der Waals surface area contributed by atoms with Gasteiger partial charge in [-0.3, -0.25) is 4.79 Å². The third-order valence-corrected chi connectivity index (χ3v) is 5.50. The third kappa shape index (κ3) is 4.82. The lowest BCUT2D eigenvalue weighted by Gasteiger charge is -2.41. The Bertz CT molecular complexity index is 582. The van der Waals surface area contributed by atoms with Crippen LogP contribution in [-0.4, -0.2) is 62.9 Å². The molecular weight excluding hydrogens is 336 g/mol. The lowest BCUT2D eigenvalue weighted by molar-refractivity contribution is -0.133. The van der Waals surface area contributed by atoms with E-state index in [2.05, 4.69) is 32.8 Å². The maximum Gasteiger partial charge on any atom is 0.224 e. The van der Waals surface area contributed by atoms with E-state index in [9.17, 15) is 4.79 Å². The maximum atomic E-state index is 12.8. The van der Waals surface area contributed by atoms with Crippen molar-refractivity contribution in [3.8, 4) is 11.5 Å². The van der Waals surface area contributed by atoms with Crippen molar-refractivity contribution in [2.75, 3.05) is 47.2 Å². The number of hydrogen-bond acceptors (Lipinski definition) is 5. The van der Waals surface area contributed by atoms with E-state index in [0.717, 1.165) is 29.4 Å². The van der Waals surface area contributed by atoms with Gasteiger partial charge in [-0.05, 0) is 31.6 Å². The van der Waals surface area contributed by atoms with Crippen LogP contribution in [0, 0.1) is 5.41 Å². The standard InChI is InChI=1S/C19H30N2O3S/c1-19(2,12-20(3)4)13-21-16(22)10-11-25-18(21)17-14(23-5)8-7-9-15(17)24-6/h7-9,18H,10-13H2,1-6H3. The molecule has 0 saturated carbocycles. The predicted molar refractivity (Wildman–Crippen MR) is 103 cm³/mol. The number of carbonyl (C=O) groups excluding carboxylic acids is 1. The van der Waals surface area contributed by atoms with E-state index < -0.39 is 0 Å². The molecule has 1 unspecified atom stereocenters. The fourth-order valence-electron chi connectivity index (χ4n) is 3.52. The van der Waals surface area contributed by atoms with E-state index in [1.165, 1.54) is 0 Å². The molecule has 1 fully saturated rings. The van der Waals surface area contributed by atoms with Crippen molar-refractivity contribution in [3.63, 3.8) is 0 Å². The van der Waals surface area contributed by atoms with E-state index in [4.69, 9.17) is 9.47 Å². The van der Waals surface area contributed by atoms with Crippen molar-refractivity contribution in [1.82, 2.24) is 9.80 Å². The summed E-state index contributed by atoms with van der Waals surface area (Å²) in [4.78, 5) is 16.9. The zero-order chi connectivity index (χ0) is 18.6. The summed E-state index contributed by atoms with van der Waals surface area (Å²) < 4.78 is 11.2. The minimum absolute atomic E-state index is 0.00936. The molecule has 1 amide bonds. The van der Waals surface area contributed by atoms with Gasteiger partial charge in [0.25, 0.3) is 0 Å². The van der Waals surface area contributed by atoms with E-state index in [0.29, 0.717) is 13.0 Å². The highest BCUT2D eigenvalue weighted by Crippen LogP contribution is 2.46. The summed E-state index contributed by atoms with van der Waals surface area (Å²) in [5, 5.41) is -0.0891. The summed E-state index contributed by atoms with van der Waals surface area (Å²) in [5.74, 6) is 2.54. The van der Waals surface area contributed by atoms with Crippen molar-refractivity contribution < 1.29 is 14.3 Å². The molecule has 1 saturated heterocycles. The van der Waals surface area contributed by atoms with Crippen molar-refractivity contribution in [2.45, 2.75) is 25.6 Å². The minimum atomic E-state index is -0.0891. The molecule has 6 heteroatoms. The molecule has 0 aromatic heterocycles. The van der Waals surface area contributed by atoms with Gasteiger partial charge >= 0.3 is 0 Å². The highest BCUT2D eigenvalue weighted by molar-refractivity contribution is 7.99. The van der Waals surface area contributed by atoms with Gasteiger partial charge in [0, 0.05) is 25.3 Å². The normalized spacial score (nSPS) is 18.6. The second kappa shape index (κ2) is 8.32. The molecule has 0 spiro atoms. The van der Waals surface area contributed by atoms with Gasteiger partial charge in [-0.2, -0.15) is 0 Å². The highest BCUT2D eigenvalue weighted by Gasteiger charge is 2.37. The molecule has 0 bridgehead atoms. The number of thioether (sulfide) groups is 1. The monoisotopic (exact) mass is 366 g/mol. The zero-order valence-electron chi connectivity index (χ0n) is 16.2. The van der Waals surface area contributed by atoms with Crippen LogP contribution in [0.15, 0.2) is 18.2 Å². The molecule has 1 aromatic carbocycles. The van der Waals surface area contributed by atoms with Gasteiger partial charge in [0.05, 0.1) is 19.8 Å². The van der Waals surface area contributed by atoms with Gasteiger partial charge < -0.3 is 19.3 Å². The Labute approximate surface area is 155 Å². The van der Waals surface area contributed by atoms with Crippen LogP contribution >= 0.6 is 11.8 Å². The number of hydrogen-bond donors (Lipinski definition) is 0. The first-order valence-corrected chi connectivity index (χ1v) is 9.60. The fraction of sp³-hybridized carbons (Fsp3) is 0.632. The predicted octanol–water partition coefficient (Wildman–Crippen LogP) is 3.26. The first-order chi connectivity index (χ1) is 11.8. The molecule has 1 aliphatic rings. The molecule has 0 radical (unpaired) electrons. The Morgan fingerprint density at radius 1 is 1.24 bits per heavy atom. The Morgan fingerprint density at radius 3 is 2.36 bits per heavy atom. The second-order valence-corrected chi connectivity index (χ2v) is 8.66. The van der Waals surface area contributed by atoms with E-state index in [1.807, 2.05) is 23.1 Å². The van der Waals surface area contributed by atoms with Crippen molar-refractivity contribution in [1.29, 1.82) is 0 Å². The van der Waals surface area contributed by atoms with E-state index >= 15 is 0 Å². The molecule has 0 N–H and O–H groups in total. The molecule has 5 nitrogen and oxygen atoms in total. The van der Waals surface area contributed by atoms with Gasteiger partial charge in [0.2, 0.25) is 5.91 Å². The summed E-state index contributed by atoms with van der Waals surface area (Å²) in [5.41, 5.74) is 0.941. The Balaban J connectivity index is 2.39. The van der Waals surface area contributed by atoms with Gasteiger partial charge in [-0.1, -0.05) is 19.9 Å². The number of rotatable bonds is 7. The van der Waals surface area contributed by atoms with E-state index in [1.54, 1.807) is 26.0 Å². The van der Waals surface area contributed by atoms with Gasteiger partial charge in [0.15, 0.2) is 0 Å². The van der Waals surface area contributed by atoms with Crippen LogP contribution in [0.4, 0.5) is 0 Å². The summed E-state index contributed by atoms with van der Waals surface area (Å²) in [7, 11) is 7.45. The van der Waals surface area contributed by atoms with Gasteiger partial charge in [0.1, 0.15) is 16.9 Å². The summed E-state index contributed by atoms with van der Waals surface area (Å²) >= 11 is 1.78. The first-order valence-electron chi connectivity index (χ1n) is 8.56. The first kappa shape index (κ1) is 19.9. The lowest BCUT2D eigenvalue weighted by Crippen LogP contribution is -2.46. The van der Waals surface area contributed by atoms with Gasteiger partial charge in [-0.25, -0.2) is 0 Å². The van der Waals surface area contributed by atoms with Crippen LogP contribution in [0.25, 0.3) is 0 Å². The number of nitrogens with zero attached hydrogens (tertiary/aromatic N) is 2. The van der Waals surface area contributed by atoms with E-state index in [-0.39, 0.29) is 16.7 Å². The smallest absolute Gasteiger partial charge is 0.224 e. The number of amides is 1. The number of ether oxygens (including phenoxy) is 2.